The van der Waals surface area contributed by atoms with Gasteiger partial charge in [-0.15, -0.1) is 0 Å². The molecule has 1 heterocycles. The number of aliphatic hydroxyl groups excluding tert-OH is 2. The summed E-state index contributed by atoms with van der Waals surface area (Å²) in [5, 5.41) is 19.9. The Labute approximate surface area is 115 Å². The largest absolute Gasteiger partial charge is 0.388 e. The molecule has 4 nitrogen and oxygen atoms in total. The minimum atomic E-state index is -0.898. The standard InChI is InChI=1S/C12H14Cl2O4/c13-8-2-1-7(9(14)3-8)4-17-6-11-12(16)10(15)5-18-11/h1-3,10-12,15-16H,4-6H2/t10-,11+,12+/m1/s1. The van der Waals surface area contributed by atoms with E-state index in [0.717, 1.165) is 5.56 Å². The van der Waals surface area contributed by atoms with Gasteiger partial charge in [0.25, 0.3) is 0 Å². The summed E-state index contributed by atoms with van der Waals surface area (Å²) < 4.78 is 10.6. The van der Waals surface area contributed by atoms with Crippen LogP contribution in [0.3, 0.4) is 0 Å². The average Bonchev–Trinajstić information content (AvgIpc) is 2.64. The fourth-order valence-corrected chi connectivity index (χ4v) is 2.20. The zero-order valence-electron chi connectivity index (χ0n) is 9.55. The second-order valence-electron chi connectivity index (χ2n) is 4.18. The molecule has 0 spiro atoms. The Hall–Kier alpha value is -0.360. The van der Waals surface area contributed by atoms with Crippen molar-refractivity contribution in [2.45, 2.75) is 24.9 Å². The van der Waals surface area contributed by atoms with Crippen molar-refractivity contribution in [2.75, 3.05) is 13.2 Å². The second-order valence-corrected chi connectivity index (χ2v) is 5.02. The van der Waals surface area contributed by atoms with Gasteiger partial charge in [0.05, 0.1) is 19.8 Å². The first-order chi connectivity index (χ1) is 8.58. The highest BCUT2D eigenvalue weighted by Gasteiger charge is 2.34. The number of aliphatic hydroxyl groups is 2. The third-order valence-electron chi connectivity index (χ3n) is 2.81. The van der Waals surface area contributed by atoms with Crippen LogP contribution in [0, 0.1) is 0 Å². The Kier molecular flexibility index (Phi) is 4.84. The van der Waals surface area contributed by atoms with E-state index in [1.54, 1.807) is 18.2 Å². The first-order valence-electron chi connectivity index (χ1n) is 5.57. The molecule has 1 saturated heterocycles. The van der Waals surface area contributed by atoms with E-state index in [1.165, 1.54) is 0 Å². The van der Waals surface area contributed by atoms with E-state index in [0.29, 0.717) is 16.7 Å². The molecular weight excluding hydrogens is 279 g/mol. The van der Waals surface area contributed by atoms with Gasteiger partial charge in [-0.2, -0.15) is 0 Å². The van der Waals surface area contributed by atoms with Gasteiger partial charge in [-0.1, -0.05) is 29.3 Å². The minimum Gasteiger partial charge on any atom is -0.388 e. The normalized spacial score (nSPS) is 27.7. The number of halogens is 2. The number of benzene rings is 1. The van der Waals surface area contributed by atoms with Gasteiger partial charge in [-0.3, -0.25) is 0 Å². The van der Waals surface area contributed by atoms with E-state index in [1.807, 2.05) is 0 Å². The van der Waals surface area contributed by atoms with E-state index in [9.17, 15) is 10.2 Å². The van der Waals surface area contributed by atoms with Crippen LogP contribution in [0.4, 0.5) is 0 Å². The highest BCUT2D eigenvalue weighted by atomic mass is 35.5. The third-order valence-corrected chi connectivity index (χ3v) is 3.40. The van der Waals surface area contributed by atoms with E-state index in [2.05, 4.69) is 0 Å². The molecule has 3 atom stereocenters. The Balaban J connectivity index is 1.82. The van der Waals surface area contributed by atoms with Crippen molar-refractivity contribution >= 4 is 23.2 Å². The second kappa shape index (κ2) is 6.19. The lowest BCUT2D eigenvalue weighted by Crippen LogP contribution is -2.32. The molecule has 100 valence electrons. The smallest absolute Gasteiger partial charge is 0.110 e. The van der Waals surface area contributed by atoms with Crippen molar-refractivity contribution in [3.05, 3.63) is 33.8 Å². The van der Waals surface area contributed by atoms with E-state index >= 15 is 0 Å². The van der Waals surface area contributed by atoms with Crippen LogP contribution in [0.5, 0.6) is 0 Å². The minimum absolute atomic E-state index is 0.136. The van der Waals surface area contributed by atoms with Gasteiger partial charge >= 0.3 is 0 Å². The lowest BCUT2D eigenvalue weighted by Gasteiger charge is -2.15. The molecule has 1 aromatic carbocycles. The van der Waals surface area contributed by atoms with Gasteiger partial charge in [0.2, 0.25) is 0 Å². The molecule has 1 aromatic rings. The van der Waals surface area contributed by atoms with Crippen molar-refractivity contribution < 1.29 is 19.7 Å². The average molecular weight is 293 g/mol. The molecular formula is C12H14Cl2O4. The molecule has 0 bridgehead atoms. The van der Waals surface area contributed by atoms with Gasteiger partial charge in [-0.25, -0.2) is 0 Å². The molecule has 0 aliphatic carbocycles. The van der Waals surface area contributed by atoms with Crippen molar-refractivity contribution in [1.82, 2.24) is 0 Å². The van der Waals surface area contributed by atoms with Crippen molar-refractivity contribution in [3.63, 3.8) is 0 Å². The quantitative estimate of drug-likeness (QED) is 0.886. The fraction of sp³-hybridized carbons (Fsp3) is 0.500. The van der Waals surface area contributed by atoms with E-state index < -0.39 is 18.3 Å². The number of ether oxygens (including phenoxy) is 2. The maximum Gasteiger partial charge on any atom is 0.110 e. The van der Waals surface area contributed by atoms with Crippen molar-refractivity contribution in [1.29, 1.82) is 0 Å². The van der Waals surface area contributed by atoms with Crippen LogP contribution < -0.4 is 0 Å². The summed E-state index contributed by atoms with van der Waals surface area (Å²) in [6.45, 7) is 0.646. The summed E-state index contributed by atoms with van der Waals surface area (Å²) in [5.41, 5.74) is 0.814. The Bertz CT molecular complexity index is 413. The lowest BCUT2D eigenvalue weighted by atomic mass is 10.1. The molecule has 1 aliphatic heterocycles. The van der Waals surface area contributed by atoms with Crippen LogP contribution in [0.2, 0.25) is 10.0 Å². The van der Waals surface area contributed by atoms with Gasteiger partial charge in [0.1, 0.15) is 18.3 Å². The van der Waals surface area contributed by atoms with Gasteiger partial charge < -0.3 is 19.7 Å². The van der Waals surface area contributed by atoms with Crippen molar-refractivity contribution in [2.24, 2.45) is 0 Å². The molecule has 0 radical (unpaired) electrons. The summed E-state index contributed by atoms with van der Waals surface area (Å²) in [4.78, 5) is 0. The Morgan fingerprint density at radius 3 is 2.72 bits per heavy atom. The van der Waals surface area contributed by atoms with Gasteiger partial charge in [0.15, 0.2) is 0 Å². The Morgan fingerprint density at radius 1 is 1.33 bits per heavy atom. The third kappa shape index (κ3) is 3.35. The lowest BCUT2D eigenvalue weighted by molar-refractivity contribution is -0.0344. The predicted octanol–water partition coefficient (Wildman–Crippen LogP) is 1.63. The number of rotatable bonds is 4. The zero-order valence-corrected chi connectivity index (χ0v) is 11.1. The highest BCUT2D eigenvalue weighted by Crippen LogP contribution is 2.22. The van der Waals surface area contributed by atoms with Crippen LogP contribution >= 0.6 is 23.2 Å². The van der Waals surface area contributed by atoms with E-state index in [4.69, 9.17) is 32.7 Å². The predicted molar refractivity (Wildman–Crippen MR) is 67.9 cm³/mol. The number of hydrogen-bond donors (Lipinski definition) is 2. The summed E-state index contributed by atoms with van der Waals surface area (Å²) >= 11 is 11.8. The molecule has 1 aliphatic rings. The summed E-state index contributed by atoms with van der Waals surface area (Å²) in [7, 11) is 0. The summed E-state index contributed by atoms with van der Waals surface area (Å²) in [5.74, 6) is 0. The number of hydrogen-bond acceptors (Lipinski definition) is 4. The van der Waals surface area contributed by atoms with Crippen LogP contribution in [-0.4, -0.2) is 41.7 Å². The summed E-state index contributed by atoms with van der Waals surface area (Å²) in [6, 6.07) is 5.16. The van der Waals surface area contributed by atoms with Gasteiger partial charge in [0, 0.05) is 10.0 Å². The molecule has 0 amide bonds. The first-order valence-corrected chi connectivity index (χ1v) is 6.33. The summed E-state index contributed by atoms with van der Waals surface area (Å²) in [6.07, 6.45) is -2.23. The maximum absolute atomic E-state index is 9.55. The van der Waals surface area contributed by atoms with Crippen molar-refractivity contribution in [3.8, 4) is 0 Å². The van der Waals surface area contributed by atoms with Crippen LogP contribution in [-0.2, 0) is 16.1 Å². The molecule has 6 heteroatoms. The highest BCUT2D eigenvalue weighted by molar-refractivity contribution is 6.35. The van der Waals surface area contributed by atoms with Crippen LogP contribution in [0.1, 0.15) is 5.56 Å². The van der Waals surface area contributed by atoms with Crippen LogP contribution in [0.15, 0.2) is 18.2 Å². The SMILES string of the molecule is O[C@H]1[C@H](O)CO[C@H]1COCc1ccc(Cl)cc1Cl. The van der Waals surface area contributed by atoms with Crippen LogP contribution in [0.25, 0.3) is 0 Å². The molecule has 2 N–H and O–H groups in total. The molecule has 0 saturated carbocycles. The fourth-order valence-electron chi connectivity index (χ4n) is 1.74. The molecule has 0 unspecified atom stereocenters. The van der Waals surface area contributed by atoms with Gasteiger partial charge in [-0.05, 0) is 17.7 Å². The van der Waals surface area contributed by atoms with E-state index in [-0.39, 0.29) is 13.2 Å². The monoisotopic (exact) mass is 292 g/mol. The first kappa shape index (κ1) is 14.1. The molecule has 2 rings (SSSR count). The Morgan fingerprint density at radius 2 is 2.11 bits per heavy atom. The molecule has 0 aromatic heterocycles. The molecule has 1 fully saturated rings. The maximum atomic E-state index is 9.55. The topological polar surface area (TPSA) is 58.9 Å². The zero-order chi connectivity index (χ0) is 13.1. The molecule has 18 heavy (non-hydrogen) atoms.